The van der Waals surface area contributed by atoms with Gasteiger partial charge in [-0.3, -0.25) is 4.98 Å². The molecule has 2 heterocycles. The molecule has 3 fully saturated rings. The number of sulfonamides is 1. The molecule has 2 aliphatic carbocycles. The van der Waals surface area contributed by atoms with Crippen LogP contribution in [0.2, 0.25) is 0 Å². The number of fused-ring (bicyclic) bond motifs is 1. The van der Waals surface area contributed by atoms with Crippen molar-refractivity contribution < 1.29 is 12.8 Å². The highest BCUT2D eigenvalue weighted by Crippen LogP contribution is 2.70. The summed E-state index contributed by atoms with van der Waals surface area (Å²) in [6, 6.07) is 1.45. The maximum atomic E-state index is 13.3. The van der Waals surface area contributed by atoms with Crippen LogP contribution < -0.4 is 0 Å². The SMILES string of the molecule is CC1(C)[C@@H]2CC[C@@]13CS(=O)(=O)N(Cc1cncc(F)c1)[C@H]3C2. The molecule has 0 N–H and O–H groups in total. The predicted octanol–water partition coefficient (Wildman–Crippen LogP) is 2.56. The summed E-state index contributed by atoms with van der Waals surface area (Å²) in [7, 11) is -3.29. The van der Waals surface area contributed by atoms with E-state index in [-0.39, 0.29) is 29.2 Å². The Kier molecular flexibility index (Phi) is 2.84. The van der Waals surface area contributed by atoms with Gasteiger partial charge in [-0.2, -0.15) is 4.31 Å². The van der Waals surface area contributed by atoms with E-state index in [0.717, 1.165) is 25.5 Å². The van der Waals surface area contributed by atoms with E-state index in [0.29, 0.717) is 11.5 Å². The zero-order chi connectivity index (χ0) is 15.8. The number of halogens is 1. The Morgan fingerprint density at radius 1 is 1.41 bits per heavy atom. The van der Waals surface area contributed by atoms with E-state index in [4.69, 9.17) is 0 Å². The molecule has 3 atom stereocenters. The normalized spacial score (nSPS) is 38.3. The number of pyridine rings is 1. The van der Waals surface area contributed by atoms with Crippen molar-refractivity contribution in [2.75, 3.05) is 5.75 Å². The summed E-state index contributed by atoms with van der Waals surface area (Å²) in [4.78, 5) is 3.84. The van der Waals surface area contributed by atoms with Gasteiger partial charge in [0.1, 0.15) is 5.82 Å². The Morgan fingerprint density at radius 2 is 2.18 bits per heavy atom. The molecular weight excluding hydrogens is 303 g/mol. The van der Waals surface area contributed by atoms with Crippen LogP contribution in [0.15, 0.2) is 18.5 Å². The average molecular weight is 324 g/mol. The van der Waals surface area contributed by atoms with E-state index in [1.807, 2.05) is 0 Å². The molecule has 2 bridgehead atoms. The molecule has 0 aromatic carbocycles. The molecule has 4 nitrogen and oxygen atoms in total. The minimum Gasteiger partial charge on any atom is -0.261 e. The minimum absolute atomic E-state index is 0.0644. The van der Waals surface area contributed by atoms with Gasteiger partial charge in [0.2, 0.25) is 10.0 Å². The molecule has 1 saturated heterocycles. The van der Waals surface area contributed by atoms with Crippen molar-refractivity contribution in [2.45, 2.75) is 45.7 Å². The lowest BCUT2D eigenvalue weighted by Crippen LogP contribution is -2.41. The smallest absolute Gasteiger partial charge is 0.215 e. The lowest BCUT2D eigenvalue weighted by molar-refractivity contribution is 0.112. The molecule has 4 rings (SSSR count). The van der Waals surface area contributed by atoms with Crippen LogP contribution in [0.1, 0.15) is 38.7 Å². The Morgan fingerprint density at radius 3 is 2.86 bits per heavy atom. The Balaban J connectivity index is 1.72. The molecule has 1 spiro atoms. The minimum atomic E-state index is -3.29. The molecule has 22 heavy (non-hydrogen) atoms. The summed E-state index contributed by atoms with van der Waals surface area (Å²) in [5.74, 6) is 0.426. The highest BCUT2D eigenvalue weighted by atomic mass is 32.2. The van der Waals surface area contributed by atoms with Gasteiger partial charge in [-0.1, -0.05) is 13.8 Å². The van der Waals surface area contributed by atoms with Crippen LogP contribution in [-0.4, -0.2) is 29.5 Å². The van der Waals surface area contributed by atoms with Crippen LogP contribution in [0.25, 0.3) is 0 Å². The van der Waals surface area contributed by atoms with Crippen LogP contribution in [0.3, 0.4) is 0 Å². The fourth-order valence-electron chi connectivity index (χ4n) is 5.31. The van der Waals surface area contributed by atoms with Gasteiger partial charge in [-0.05, 0) is 42.2 Å². The van der Waals surface area contributed by atoms with E-state index in [1.165, 1.54) is 6.07 Å². The zero-order valence-corrected chi connectivity index (χ0v) is 13.7. The van der Waals surface area contributed by atoms with Crippen molar-refractivity contribution in [3.8, 4) is 0 Å². The Bertz CT molecular complexity index is 733. The second-order valence-electron chi connectivity index (χ2n) is 7.68. The maximum Gasteiger partial charge on any atom is 0.215 e. The van der Waals surface area contributed by atoms with Gasteiger partial charge in [0.25, 0.3) is 0 Å². The fourth-order valence-corrected chi connectivity index (χ4v) is 7.85. The molecule has 1 aliphatic heterocycles. The topological polar surface area (TPSA) is 50.3 Å². The third kappa shape index (κ3) is 1.71. The predicted molar refractivity (Wildman–Crippen MR) is 80.9 cm³/mol. The van der Waals surface area contributed by atoms with Gasteiger partial charge in [-0.15, -0.1) is 0 Å². The molecule has 0 radical (unpaired) electrons. The molecule has 0 unspecified atom stereocenters. The van der Waals surface area contributed by atoms with E-state index >= 15 is 0 Å². The van der Waals surface area contributed by atoms with Crippen molar-refractivity contribution in [3.05, 3.63) is 29.8 Å². The molecule has 0 amide bonds. The van der Waals surface area contributed by atoms with Crippen LogP contribution in [0, 0.1) is 22.6 Å². The lowest BCUT2D eigenvalue weighted by atomic mass is 9.69. The molecular formula is C16H21FN2O2S. The summed E-state index contributed by atoms with van der Waals surface area (Å²) in [6.07, 6.45) is 5.77. The number of nitrogens with zero attached hydrogens (tertiary/aromatic N) is 2. The van der Waals surface area contributed by atoms with Gasteiger partial charge in [0.15, 0.2) is 0 Å². The molecule has 1 aromatic rings. The van der Waals surface area contributed by atoms with Gasteiger partial charge < -0.3 is 0 Å². The monoisotopic (exact) mass is 324 g/mol. The standard InChI is InChI=1S/C16H21FN2O2S/c1-15(2)12-3-4-16(15)10-22(20,21)19(14(16)6-12)9-11-5-13(17)8-18-7-11/h5,7-8,12,14H,3-4,6,9-10H2,1-2H3/t12-,14+,16+/m1/s1. The highest BCUT2D eigenvalue weighted by Gasteiger charge is 2.71. The van der Waals surface area contributed by atoms with Crippen molar-refractivity contribution in [3.63, 3.8) is 0 Å². The second-order valence-corrected chi connectivity index (χ2v) is 9.60. The second kappa shape index (κ2) is 4.29. The largest absolute Gasteiger partial charge is 0.261 e. The van der Waals surface area contributed by atoms with E-state index in [9.17, 15) is 12.8 Å². The quantitative estimate of drug-likeness (QED) is 0.840. The van der Waals surface area contributed by atoms with E-state index < -0.39 is 15.8 Å². The van der Waals surface area contributed by atoms with Crippen LogP contribution in [0.4, 0.5) is 4.39 Å². The van der Waals surface area contributed by atoms with Gasteiger partial charge in [0, 0.05) is 24.2 Å². The van der Waals surface area contributed by atoms with E-state index in [1.54, 1.807) is 10.5 Å². The molecule has 2 saturated carbocycles. The van der Waals surface area contributed by atoms with Crippen molar-refractivity contribution >= 4 is 10.0 Å². The first-order valence-corrected chi connectivity index (χ1v) is 9.46. The van der Waals surface area contributed by atoms with Crippen molar-refractivity contribution in [1.29, 1.82) is 0 Å². The lowest BCUT2D eigenvalue weighted by Gasteiger charge is -2.37. The van der Waals surface area contributed by atoms with Crippen LogP contribution >= 0.6 is 0 Å². The number of hydrogen-bond donors (Lipinski definition) is 0. The summed E-state index contributed by atoms with van der Waals surface area (Å²) < 4.78 is 40.5. The highest BCUT2D eigenvalue weighted by molar-refractivity contribution is 7.89. The first kappa shape index (κ1) is 14.6. The maximum absolute atomic E-state index is 13.3. The first-order valence-electron chi connectivity index (χ1n) is 7.85. The molecule has 6 heteroatoms. The number of aromatic nitrogens is 1. The average Bonchev–Trinajstić information content (AvgIpc) is 2.89. The summed E-state index contributed by atoms with van der Waals surface area (Å²) in [6.45, 7) is 4.70. The van der Waals surface area contributed by atoms with E-state index in [2.05, 4.69) is 18.8 Å². The van der Waals surface area contributed by atoms with Gasteiger partial charge in [0.05, 0.1) is 11.9 Å². The third-order valence-corrected chi connectivity index (χ3v) is 8.61. The Labute approximate surface area is 130 Å². The Hall–Kier alpha value is -1.01. The van der Waals surface area contributed by atoms with Crippen LogP contribution in [0.5, 0.6) is 0 Å². The summed E-state index contributed by atoms with van der Waals surface area (Å²) in [5.41, 5.74) is 0.568. The van der Waals surface area contributed by atoms with Crippen molar-refractivity contribution in [1.82, 2.24) is 9.29 Å². The number of rotatable bonds is 2. The molecule has 120 valence electrons. The fraction of sp³-hybridized carbons (Fsp3) is 0.688. The third-order valence-electron chi connectivity index (χ3n) is 6.63. The zero-order valence-electron chi connectivity index (χ0n) is 12.9. The molecule has 3 aliphatic rings. The first-order chi connectivity index (χ1) is 10.3. The summed E-state index contributed by atoms with van der Waals surface area (Å²) >= 11 is 0. The summed E-state index contributed by atoms with van der Waals surface area (Å²) in [5, 5.41) is 0. The number of hydrogen-bond acceptors (Lipinski definition) is 3. The van der Waals surface area contributed by atoms with Gasteiger partial charge in [-0.25, -0.2) is 12.8 Å². The molecule has 1 aromatic heterocycles. The van der Waals surface area contributed by atoms with Crippen LogP contribution in [-0.2, 0) is 16.6 Å². The van der Waals surface area contributed by atoms with Crippen molar-refractivity contribution in [2.24, 2.45) is 16.7 Å². The van der Waals surface area contributed by atoms with Gasteiger partial charge >= 0.3 is 0 Å².